The summed E-state index contributed by atoms with van der Waals surface area (Å²) in [5.41, 5.74) is 0. The summed E-state index contributed by atoms with van der Waals surface area (Å²) in [7, 11) is 1.28. The van der Waals surface area contributed by atoms with Crippen LogP contribution in [0.25, 0.3) is 0 Å². The molecule has 1 fully saturated rings. The number of esters is 1. The maximum atomic E-state index is 11.7. The molecule has 15 heavy (non-hydrogen) atoms. The quantitative estimate of drug-likeness (QED) is 0.500. The van der Waals surface area contributed by atoms with Crippen LogP contribution in [0.2, 0.25) is 0 Å². The first-order chi connectivity index (χ1) is 7.07. The summed E-state index contributed by atoms with van der Waals surface area (Å²) in [6, 6.07) is -0.669. The zero-order valence-corrected chi connectivity index (χ0v) is 9.49. The Hall–Kier alpha value is -0.810. The smallest absolute Gasteiger partial charge is 0.331 e. The number of halogens is 1. The Kier molecular flexibility index (Phi) is 4.35. The average molecular weight is 236 g/mol. The fraction of sp³-hybridized carbons (Fsp3) is 0.778. The van der Waals surface area contributed by atoms with Gasteiger partial charge < -0.3 is 14.4 Å². The molecule has 0 aliphatic carbocycles. The lowest BCUT2D eigenvalue weighted by Gasteiger charge is -2.34. The van der Waals surface area contributed by atoms with Crippen LogP contribution in [0.5, 0.6) is 0 Å². The van der Waals surface area contributed by atoms with Gasteiger partial charge in [0.15, 0.2) is 6.04 Å². The zero-order chi connectivity index (χ0) is 11.4. The highest BCUT2D eigenvalue weighted by Gasteiger charge is 2.34. The molecule has 0 aromatic rings. The Morgan fingerprint density at radius 2 is 2.27 bits per heavy atom. The fourth-order valence-corrected chi connectivity index (χ4v) is 1.55. The van der Waals surface area contributed by atoms with Crippen molar-refractivity contribution in [2.45, 2.75) is 18.3 Å². The van der Waals surface area contributed by atoms with Gasteiger partial charge in [-0.25, -0.2) is 4.79 Å². The largest absolute Gasteiger partial charge is 0.467 e. The summed E-state index contributed by atoms with van der Waals surface area (Å²) < 4.78 is 9.72. The van der Waals surface area contributed by atoms with Crippen LogP contribution in [0.15, 0.2) is 0 Å². The van der Waals surface area contributed by atoms with Crippen molar-refractivity contribution in [3.63, 3.8) is 0 Å². The first-order valence-corrected chi connectivity index (χ1v) is 5.11. The first kappa shape index (κ1) is 12.3. The van der Waals surface area contributed by atoms with E-state index < -0.39 is 17.4 Å². The number of carbonyl (C=O) groups excluding carboxylic acids is 2. The number of morpholine rings is 1. The van der Waals surface area contributed by atoms with E-state index >= 15 is 0 Å². The number of ether oxygens (including phenoxy) is 2. The Morgan fingerprint density at radius 1 is 1.60 bits per heavy atom. The minimum atomic E-state index is -0.669. The van der Waals surface area contributed by atoms with Crippen LogP contribution in [-0.2, 0) is 19.1 Å². The summed E-state index contributed by atoms with van der Waals surface area (Å²) >= 11 is 5.69. The van der Waals surface area contributed by atoms with Gasteiger partial charge in [0.2, 0.25) is 5.91 Å². The molecule has 0 spiro atoms. The molecular weight excluding hydrogens is 222 g/mol. The Balaban J connectivity index is 2.73. The highest BCUT2D eigenvalue weighted by atomic mass is 35.5. The number of methoxy groups -OCH3 is 1. The van der Waals surface area contributed by atoms with E-state index in [1.807, 2.05) is 0 Å². The number of amides is 1. The van der Waals surface area contributed by atoms with Crippen LogP contribution in [0.1, 0.15) is 6.92 Å². The third-order valence-corrected chi connectivity index (χ3v) is 2.41. The van der Waals surface area contributed by atoms with Crippen molar-refractivity contribution in [3.05, 3.63) is 0 Å². The molecule has 2 atom stereocenters. The lowest BCUT2D eigenvalue weighted by atomic mass is 10.2. The number of hydrogen-bond donors (Lipinski definition) is 0. The van der Waals surface area contributed by atoms with Gasteiger partial charge in [-0.3, -0.25) is 4.79 Å². The summed E-state index contributed by atoms with van der Waals surface area (Å²) in [5, 5.41) is -0.643. The third kappa shape index (κ3) is 2.82. The zero-order valence-electron chi connectivity index (χ0n) is 8.73. The van der Waals surface area contributed by atoms with Gasteiger partial charge in [-0.05, 0) is 6.92 Å². The van der Waals surface area contributed by atoms with Gasteiger partial charge in [-0.1, -0.05) is 0 Å². The van der Waals surface area contributed by atoms with Crippen molar-refractivity contribution in [2.24, 2.45) is 0 Å². The van der Waals surface area contributed by atoms with Crippen LogP contribution in [0.4, 0.5) is 0 Å². The van der Waals surface area contributed by atoms with E-state index in [1.165, 1.54) is 12.0 Å². The van der Waals surface area contributed by atoms with E-state index in [2.05, 4.69) is 4.74 Å². The summed E-state index contributed by atoms with van der Waals surface area (Å²) in [5.74, 6) is -0.740. The lowest BCUT2D eigenvalue weighted by Crippen LogP contribution is -2.54. The molecule has 1 aliphatic rings. The highest BCUT2D eigenvalue weighted by molar-refractivity contribution is 6.30. The Bertz CT molecular complexity index is 256. The van der Waals surface area contributed by atoms with Gasteiger partial charge >= 0.3 is 5.97 Å². The predicted octanol–water partition coefficient (Wildman–Crippen LogP) is 0.0141. The van der Waals surface area contributed by atoms with E-state index in [1.54, 1.807) is 6.92 Å². The molecule has 1 amide bonds. The van der Waals surface area contributed by atoms with E-state index in [0.29, 0.717) is 13.2 Å². The van der Waals surface area contributed by atoms with Crippen molar-refractivity contribution < 1.29 is 19.1 Å². The summed E-state index contributed by atoms with van der Waals surface area (Å²) in [6.07, 6.45) is 0. The molecular formula is C9H14ClNO4. The standard InChI is InChI=1S/C9H14ClNO4/c1-6(10)8(12)11-3-4-15-5-7(11)9(13)14-2/h6-7H,3-5H2,1-2H3. The molecule has 0 N–H and O–H groups in total. The molecule has 86 valence electrons. The van der Waals surface area contributed by atoms with Gasteiger partial charge in [0.1, 0.15) is 5.38 Å². The molecule has 5 nitrogen and oxygen atoms in total. The van der Waals surface area contributed by atoms with Crippen LogP contribution >= 0.6 is 11.6 Å². The van der Waals surface area contributed by atoms with Gasteiger partial charge in [0.05, 0.1) is 20.3 Å². The van der Waals surface area contributed by atoms with Gasteiger partial charge in [-0.15, -0.1) is 11.6 Å². The van der Waals surface area contributed by atoms with Crippen molar-refractivity contribution in [1.29, 1.82) is 0 Å². The van der Waals surface area contributed by atoms with Crippen molar-refractivity contribution in [2.75, 3.05) is 26.9 Å². The topological polar surface area (TPSA) is 55.8 Å². The molecule has 1 rings (SSSR count). The molecule has 0 saturated carbocycles. The normalized spacial score (nSPS) is 23.4. The monoisotopic (exact) mass is 235 g/mol. The minimum Gasteiger partial charge on any atom is -0.467 e. The number of nitrogens with zero attached hydrogens (tertiary/aromatic N) is 1. The molecule has 2 unspecified atom stereocenters. The lowest BCUT2D eigenvalue weighted by molar-refractivity contribution is -0.160. The number of hydrogen-bond acceptors (Lipinski definition) is 4. The van der Waals surface area contributed by atoms with Crippen molar-refractivity contribution in [3.8, 4) is 0 Å². The molecule has 0 bridgehead atoms. The predicted molar refractivity (Wildman–Crippen MR) is 53.7 cm³/mol. The van der Waals surface area contributed by atoms with Crippen LogP contribution in [-0.4, -0.2) is 55.1 Å². The SMILES string of the molecule is COC(=O)C1COCCN1C(=O)C(C)Cl. The van der Waals surface area contributed by atoms with Crippen molar-refractivity contribution in [1.82, 2.24) is 4.90 Å². The van der Waals surface area contributed by atoms with Crippen LogP contribution in [0, 0.1) is 0 Å². The third-order valence-electron chi connectivity index (χ3n) is 2.23. The van der Waals surface area contributed by atoms with Crippen LogP contribution < -0.4 is 0 Å². The summed E-state index contributed by atoms with van der Waals surface area (Å²) in [6.45, 7) is 2.54. The maximum Gasteiger partial charge on any atom is 0.331 e. The molecule has 0 aromatic carbocycles. The molecule has 0 aromatic heterocycles. The molecule has 6 heteroatoms. The number of alkyl halides is 1. The second kappa shape index (κ2) is 5.32. The molecule has 1 saturated heterocycles. The molecule has 0 radical (unpaired) electrons. The van der Waals surface area contributed by atoms with E-state index in [0.717, 1.165) is 0 Å². The fourth-order valence-electron chi connectivity index (χ4n) is 1.43. The van der Waals surface area contributed by atoms with Gasteiger partial charge in [0, 0.05) is 6.54 Å². The van der Waals surface area contributed by atoms with E-state index in [9.17, 15) is 9.59 Å². The highest BCUT2D eigenvalue weighted by Crippen LogP contribution is 2.12. The Labute approximate surface area is 93.3 Å². The average Bonchev–Trinajstić information content (AvgIpc) is 2.27. The summed E-state index contributed by atoms with van der Waals surface area (Å²) in [4.78, 5) is 24.4. The molecule has 1 heterocycles. The van der Waals surface area contributed by atoms with E-state index in [-0.39, 0.29) is 12.5 Å². The van der Waals surface area contributed by atoms with Crippen molar-refractivity contribution >= 4 is 23.5 Å². The van der Waals surface area contributed by atoms with Crippen LogP contribution in [0.3, 0.4) is 0 Å². The number of carbonyl (C=O) groups is 2. The second-order valence-corrected chi connectivity index (χ2v) is 3.92. The van der Waals surface area contributed by atoms with Gasteiger partial charge in [0.25, 0.3) is 0 Å². The second-order valence-electron chi connectivity index (χ2n) is 3.26. The maximum absolute atomic E-state index is 11.7. The first-order valence-electron chi connectivity index (χ1n) is 4.68. The molecule has 1 aliphatic heterocycles. The van der Waals surface area contributed by atoms with E-state index in [4.69, 9.17) is 16.3 Å². The minimum absolute atomic E-state index is 0.169. The Morgan fingerprint density at radius 3 is 2.80 bits per heavy atom. The number of rotatable bonds is 2. The van der Waals surface area contributed by atoms with Gasteiger partial charge in [-0.2, -0.15) is 0 Å².